The van der Waals surface area contributed by atoms with Gasteiger partial charge in [0.2, 0.25) is 0 Å². The van der Waals surface area contributed by atoms with E-state index < -0.39 is 24.1 Å². The number of amides is 2. The zero-order valence-corrected chi connectivity index (χ0v) is 13.8. The highest BCUT2D eigenvalue weighted by Gasteiger charge is 2.05. The molecule has 0 atom stereocenters. The maximum Gasteiger partial charge on any atom is 0.408 e. The van der Waals surface area contributed by atoms with Gasteiger partial charge in [-0.15, -0.1) is 0 Å². The summed E-state index contributed by atoms with van der Waals surface area (Å²) in [6.07, 6.45) is 1.24. The molecule has 0 aliphatic heterocycles. The van der Waals surface area contributed by atoms with Crippen LogP contribution in [0.4, 0.5) is 9.59 Å². The van der Waals surface area contributed by atoms with Crippen molar-refractivity contribution in [3.05, 3.63) is 25.3 Å². The number of ether oxygens (including phenoxy) is 4. The minimum absolute atomic E-state index is 0. The van der Waals surface area contributed by atoms with Gasteiger partial charge in [0.15, 0.2) is 0 Å². The average Bonchev–Trinajstić information content (AvgIpc) is 2.60. The Labute approximate surface area is 159 Å². The summed E-state index contributed by atoms with van der Waals surface area (Å²) in [5.41, 5.74) is 0. The first-order valence-corrected chi connectivity index (χ1v) is 7.39. The quantitative estimate of drug-likeness (QED) is 0.170. The molecule has 156 valence electrons. The zero-order valence-electron chi connectivity index (χ0n) is 13.8. The molecule has 2 N–H and O–H groups in total. The first-order chi connectivity index (χ1) is 12.0. The normalized spacial score (nSPS) is 8.59. The first kappa shape index (κ1) is 28.8. The third kappa shape index (κ3) is 19.1. The fourth-order valence-electron chi connectivity index (χ4n) is 1.20. The van der Waals surface area contributed by atoms with Crippen molar-refractivity contribution in [2.75, 3.05) is 33.1 Å². The van der Waals surface area contributed by atoms with Crippen LogP contribution in [0.15, 0.2) is 25.3 Å². The second-order valence-electron chi connectivity index (χ2n) is 4.25. The summed E-state index contributed by atoms with van der Waals surface area (Å²) in [5.74, 6) is -1.10. The van der Waals surface area contributed by atoms with Gasteiger partial charge in [-0.3, -0.25) is 0 Å². The smallest absolute Gasteiger partial charge is 0.408 e. The van der Waals surface area contributed by atoms with Gasteiger partial charge in [0.05, 0.1) is 33.1 Å². The van der Waals surface area contributed by atoms with Gasteiger partial charge in [-0.2, -0.15) is 0 Å². The van der Waals surface area contributed by atoms with Gasteiger partial charge in [0.25, 0.3) is 0 Å². The Kier molecular flexibility index (Phi) is 20.5. The molecule has 2 amide bonds. The molecule has 0 rings (SSSR count). The number of nitrogens with one attached hydrogen (secondary N) is 2. The van der Waals surface area contributed by atoms with E-state index in [1.807, 2.05) is 0 Å². The van der Waals surface area contributed by atoms with E-state index in [0.717, 1.165) is 12.2 Å². The SMILES string of the molecule is C.C.C=CC(=O)OCCCOC(=O)NCNC(=O)OCCCOC(=O)C=C. The van der Waals surface area contributed by atoms with Crippen LogP contribution in [0.5, 0.6) is 0 Å². The van der Waals surface area contributed by atoms with E-state index in [1.54, 1.807) is 0 Å². The van der Waals surface area contributed by atoms with Crippen LogP contribution in [-0.2, 0) is 28.5 Å². The van der Waals surface area contributed by atoms with Gasteiger partial charge in [0.1, 0.15) is 0 Å². The summed E-state index contributed by atoms with van der Waals surface area (Å²) >= 11 is 0. The van der Waals surface area contributed by atoms with Crippen molar-refractivity contribution in [3.63, 3.8) is 0 Å². The molecule has 0 saturated heterocycles. The van der Waals surface area contributed by atoms with Crippen LogP contribution in [-0.4, -0.2) is 57.2 Å². The molecule has 0 bridgehead atoms. The van der Waals surface area contributed by atoms with Gasteiger partial charge >= 0.3 is 24.1 Å². The molecule has 0 aliphatic rings. The lowest BCUT2D eigenvalue weighted by Crippen LogP contribution is -2.38. The van der Waals surface area contributed by atoms with Crippen LogP contribution in [0, 0.1) is 0 Å². The lowest BCUT2D eigenvalue weighted by molar-refractivity contribution is -0.138. The highest BCUT2D eigenvalue weighted by molar-refractivity contribution is 5.81. The number of alkyl carbamates (subject to hydrolysis) is 2. The molecule has 10 nitrogen and oxygen atoms in total. The standard InChI is InChI=1S/C15H22N2O8.2CH4/c1-3-12(18)22-7-5-9-24-14(20)16-11-17-15(21)25-10-6-8-23-13(19)4-2;;/h3-4H,1-2,5-11H2,(H,16,20)(H,17,21);2*1H4. The average molecular weight is 390 g/mol. The predicted octanol–water partition coefficient (Wildman–Crippen LogP) is 1.91. The lowest BCUT2D eigenvalue weighted by atomic mass is 10.5. The van der Waals surface area contributed by atoms with E-state index >= 15 is 0 Å². The van der Waals surface area contributed by atoms with Crippen molar-refractivity contribution in [3.8, 4) is 0 Å². The van der Waals surface area contributed by atoms with Crippen molar-refractivity contribution in [2.45, 2.75) is 27.7 Å². The third-order valence-electron chi connectivity index (χ3n) is 2.33. The third-order valence-corrected chi connectivity index (χ3v) is 2.33. The molecule has 0 aliphatic carbocycles. The van der Waals surface area contributed by atoms with Crippen molar-refractivity contribution >= 4 is 24.1 Å². The van der Waals surface area contributed by atoms with E-state index in [9.17, 15) is 19.2 Å². The molecule has 0 spiro atoms. The lowest BCUT2D eigenvalue weighted by Gasteiger charge is -2.09. The maximum atomic E-state index is 11.3. The highest BCUT2D eigenvalue weighted by Crippen LogP contribution is 1.89. The minimum Gasteiger partial charge on any atom is -0.462 e. The summed E-state index contributed by atoms with van der Waals surface area (Å²) in [5, 5.41) is 4.54. The molecule has 0 aromatic heterocycles. The van der Waals surface area contributed by atoms with Crippen molar-refractivity contribution in [2.24, 2.45) is 0 Å². The number of hydrogen-bond acceptors (Lipinski definition) is 8. The molecule has 0 aromatic rings. The van der Waals surface area contributed by atoms with E-state index in [0.29, 0.717) is 12.8 Å². The molecule has 0 aromatic carbocycles. The van der Waals surface area contributed by atoms with Gasteiger partial charge in [-0.25, -0.2) is 19.2 Å². The summed E-state index contributed by atoms with van der Waals surface area (Å²) < 4.78 is 18.9. The summed E-state index contributed by atoms with van der Waals surface area (Å²) in [6.45, 7) is 6.58. The number of carbonyl (C=O) groups is 4. The minimum atomic E-state index is -0.744. The molecule has 0 heterocycles. The Morgan fingerprint density at radius 3 is 1.33 bits per heavy atom. The number of hydrogen-bond donors (Lipinski definition) is 2. The first-order valence-electron chi connectivity index (χ1n) is 7.39. The molecule has 10 heteroatoms. The number of esters is 2. The monoisotopic (exact) mass is 390 g/mol. The van der Waals surface area contributed by atoms with E-state index in [1.165, 1.54) is 0 Å². The largest absolute Gasteiger partial charge is 0.462 e. The van der Waals surface area contributed by atoms with Crippen molar-refractivity contribution < 1.29 is 38.1 Å². The van der Waals surface area contributed by atoms with E-state index in [-0.39, 0.29) is 47.9 Å². The van der Waals surface area contributed by atoms with Crippen LogP contribution in [0.1, 0.15) is 27.7 Å². The van der Waals surface area contributed by atoms with Gasteiger partial charge in [0, 0.05) is 25.0 Å². The summed E-state index contributed by atoms with van der Waals surface area (Å²) in [7, 11) is 0. The van der Waals surface area contributed by atoms with Crippen molar-refractivity contribution in [1.82, 2.24) is 10.6 Å². The second kappa shape index (κ2) is 19.3. The fourth-order valence-corrected chi connectivity index (χ4v) is 1.20. The molecule has 0 saturated carbocycles. The van der Waals surface area contributed by atoms with E-state index in [4.69, 9.17) is 9.47 Å². The number of carbonyl (C=O) groups excluding carboxylic acids is 4. The Balaban J connectivity index is -0.00000288. The van der Waals surface area contributed by atoms with Gasteiger partial charge in [-0.05, 0) is 0 Å². The van der Waals surface area contributed by atoms with Crippen LogP contribution >= 0.6 is 0 Å². The predicted molar refractivity (Wildman–Crippen MR) is 98.8 cm³/mol. The topological polar surface area (TPSA) is 129 Å². The molecule has 0 unspecified atom stereocenters. The number of rotatable bonds is 12. The van der Waals surface area contributed by atoms with Crippen LogP contribution in [0.3, 0.4) is 0 Å². The molecule has 0 fully saturated rings. The second-order valence-corrected chi connectivity index (χ2v) is 4.25. The van der Waals surface area contributed by atoms with Crippen LogP contribution in [0.25, 0.3) is 0 Å². The summed E-state index contributed by atoms with van der Waals surface area (Å²) in [6, 6.07) is 0. The zero-order chi connectivity index (χ0) is 18.9. The van der Waals surface area contributed by atoms with Crippen LogP contribution < -0.4 is 10.6 Å². The highest BCUT2D eigenvalue weighted by atomic mass is 16.6. The Hall–Kier alpha value is -3.04. The molecular formula is C17H30N2O8. The van der Waals surface area contributed by atoms with Crippen molar-refractivity contribution in [1.29, 1.82) is 0 Å². The fraction of sp³-hybridized carbons (Fsp3) is 0.529. The summed E-state index contributed by atoms with van der Waals surface area (Å²) in [4.78, 5) is 44.0. The van der Waals surface area contributed by atoms with Gasteiger partial charge in [-0.1, -0.05) is 28.0 Å². The van der Waals surface area contributed by atoms with Gasteiger partial charge < -0.3 is 29.6 Å². The van der Waals surface area contributed by atoms with E-state index in [2.05, 4.69) is 33.3 Å². The molecule has 0 radical (unpaired) electrons. The molecular weight excluding hydrogens is 360 g/mol. The van der Waals surface area contributed by atoms with Crippen LogP contribution in [0.2, 0.25) is 0 Å². The Morgan fingerprint density at radius 2 is 1.00 bits per heavy atom. The molecule has 27 heavy (non-hydrogen) atoms. The Morgan fingerprint density at radius 1 is 0.667 bits per heavy atom. The Bertz CT molecular complexity index is 438. The maximum absolute atomic E-state index is 11.3.